The molecule has 0 aromatic carbocycles. The summed E-state index contributed by atoms with van der Waals surface area (Å²) in [6.07, 6.45) is 18.3. The van der Waals surface area contributed by atoms with E-state index in [0.717, 1.165) is 30.1 Å². The Morgan fingerprint density at radius 2 is 1.49 bits per heavy atom. The van der Waals surface area contributed by atoms with Crippen molar-refractivity contribution >= 4 is 5.97 Å². The zero-order valence-corrected chi connectivity index (χ0v) is 25.9. The molecule has 6 fully saturated rings. The molecule has 2 heteroatoms. The van der Waals surface area contributed by atoms with Gasteiger partial charge in [-0.2, -0.15) is 0 Å². The maximum atomic E-state index is 11.9. The maximum absolute atomic E-state index is 11.9. The summed E-state index contributed by atoms with van der Waals surface area (Å²) in [4.78, 5) is 11.9. The van der Waals surface area contributed by atoms with Crippen molar-refractivity contribution in [2.75, 3.05) is 0 Å². The van der Waals surface area contributed by atoms with Crippen LogP contribution in [0.15, 0.2) is 0 Å². The number of carbonyl (C=O) groups is 1. The van der Waals surface area contributed by atoms with Crippen molar-refractivity contribution in [3.63, 3.8) is 0 Å². The molecule has 6 rings (SSSR count). The summed E-state index contributed by atoms with van der Waals surface area (Å²) in [6.45, 7) is 22.1. The SMILES string of the molecule is CCC1(C)CC1(C)CCC(C)C1CCC2(C)C3CCC4C(C)(C)C(OC(C)=O)CCC45CC35CCC12C. The van der Waals surface area contributed by atoms with Crippen LogP contribution >= 0.6 is 0 Å². The zero-order valence-electron chi connectivity index (χ0n) is 25.9. The third kappa shape index (κ3) is 3.20. The van der Waals surface area contributed by atoms with Gasteiger partial charge in [0, 0.05) is 12.3 Å². The summed E-state index contributed by atoms with van der Waals surface area (Å²) in [5, 5.41) is 0. The lowest BCUT2D eigenvalue weighted by atomic mass is 9.41. The van der Waals surface area contributed by atoms with E-state index in [2.05, 4.69) is 55.4 Å². The van der Waals surface area contributed by atoms with Gasteiger partial charge in [-0.1, -0.05) is 61.8 Å². The smallest absolute Gasteiger partial charge is 0.302 e. The van der Waals surface area contributed by atoms with E-state index in [0.29, 0.717) is 32.5 Å². The van der Waals surface area contributed by atoms with E-state index in [1.165, 1.54) is 77.0 Å². The van der Waals surface area contributed by atoms with E-state index < -0.39 is 0 Å². The lowest BCUT2D eigenvalue weighted by molar-refractivity contribution is -0.181. The lowest BCUT2D eigenvalue weighted by Crippen LogP contribution is -2.58. The van der Waals surface area contributed by atoms with E-state index >= 15 is 0 Å². The lowest BCUT2D eigenvalue weighted by Gasteiger charge is -2.63. The normalized spacial score (nSPS) is 55.8. The summed E-state index contributed by atoms with van der Waals surface area (Å²) in [7, 11) is 0. The van der Waals surface area contributed by atoms with Gasteiger partial charge in [-0.15, -0.1) is 0 Å². The van der Waals surface area contributed by atoms with Crippen molar-refractivity contribution in [2.45, 2.75) is 152 Å². The fourth-order valence-electron chi connectivity index (χ4n) is 13.2. The molecule has 37 heavy (non-hydrogen) atoms. The molecule has 6 aliphatic carbocycles. The number of fused-ring (bicyclic) bond motifs is 2. The Balaban J connectivity index is 1.20. The number of hydrogen-bond acceptors (Lipinski definition) is 2. The second-order valence-corrected chi connectivity index (χ2v) is 17.3. The molecule has 2 nitrogen and oxygen atoms in total. The molecule has 2 spiro atoms. The van der Waals surface area contributed by atoms with Crippen molar-refractivity contribution in [3.8, 4) is 0 Å². The monoisotopic (exact) mass is 510 g/mol. The molecule has 0 aliphatic heterocycles. The highest BCUT2D eigenvalue weighted by molar-refractivity contribution is 5.66. The molecule has 0 amide bonds. The first kappa shape index (κ1) is 26.7. The molecule has 11 unspecified atom stereocenters. The van der Waals surface area contributed by atoms with Gasteiger partial charge in [-0.3, -0.25) is 4.79 Å². The molecule has 0 bridgehead atoms. The van der Waals surface area contributed by atoms with Crippen LogP contribution in [0.25, 0.3) is 0 Å². The van der Waals surface area contributed by atoms with Crippen LogP contribution in [0.4, 0.5) is 0 Å². The maximum Gasteiger partial charge on any atom is 0.302 e. The minimum Gasteiger partial charge on any atom is -0.462 e. The molecule has 210 valence electrons. The second-order valence-electron chi connectivity index (χ2n) is 17.3. The first-order valence-corrected chi connectivity index (χ1v) is 16.3. The molecule has 0 N–H and O–H groups in total. The minimum absolute atomic E-state index is 0.0877. The van der Waals surface area contributed by atoms with E-state index in [1.54, 1.807) is 6.92 Å². The average molecular weight is 511 g/mol. The van der Waals surface area contributed by atoms with Crippen LogP contribution in [0.5, 0.6) is 0 Å². The van der Waals surface area contributed by atoms with Gasteiger partial charge < -0.3 is 4.74 Å². The van der Waals surface area contributed by atoms with Gasteiger partial charge in [0.05, 0.1) is 0 Å². The Bertz CT molecular complexity index is 968. The molecule has 0 saturated heterocycles. The summed E-state index contributed by atoms with van der Waals surface area (Å²) in [6, 6.07) is 0. The summed E-state index contributed by atoms with van der Waals surface area (Å²) < 4.78 is 5.93. The van der Waals surface area contributed by atoms with Crippen molar-refractivity contribution < 1.29 is 9.53 Å². The average Bonchev–Trinajstić information content (AvgIpc) is 3.62. The number of hydrogen-bond donors (Lipinski definition) is 0. The van der Waals surface area contributed by atoms with Gasteiger partial charge in [0.15, 0.2) is 0 Å². The Morgan fingerprint density at radius 1 is 0.811 bits per heavy atom. The minimum atomic E-state index is -0.0877. The predicted molar refractivity (Wildman–Crippen MR) is 152 cm³/mol. The summed E-state index contributed by atoms with van der Waals surface area (Å²) in [5.74, 6) is 3.33. The van der Waals surface area contributed by atoms with Crippen LogP contribution in [-0.4, -0.2) is 12.1 Å². The Hall–Kier alpha value is -0.530. The molecule has 0 aromatic heterocycles. The van der Waals surface area contributed by atoms with Gasteiger partial charge >= 0.3 is 5.97 Å². The van der Waals surface area contributed by atoms with Crippen LogP contribution in [0, 0.1) is 61.6 Å². The number of rotatable bonds is 6. The van der Waals surface area contributed by atoms with Crippen LogP contribution in [0.3, 0.4) is 0 Å². The quantitative estimate of drug-likeness (QED) is 0.332. The fraction of sp³-hybridized carbons (Fsp3) is 0.971. The van der Waals surface area contributed by atoms with Gasteiger partial charge in [-0.25, -0.2) is 0 Å². The molecule has 0 heterocycles. The predicted octanol–water partition coefficient (Wildman–Crippen LogP) is 9.60. The third-order valence-corrected chi connectivity index (χ3v) is 16.2. The van der Waals surface area contributed by atoms with Gasteiger partial charge in [-0.05, 0) is 133 Å². The van der Waals surface area contributed by atoms with Gasteiger partial charge in [0.1, 0.15) is 6.10 Å². The first-order chi connectivity index (χ1) is 17.1. The number of esters is 1. The van der Waals surface area contributed by atoms with E-state index in [-0.39, 0.29) is 17.5 Å². The molecular weight excluding hydrogens is 452 g/mol. The molecule has 0 radical (unpaired) electrons. The topological polar surface area (TPSA) is 26.3 Å². The third-order valence-electron chi connectivity index (χ3n) is 16.2. The highest BCUT2D eigenvalue weighted by atomic mass is 16.5. The highest BCUT2D eigenvalue weighted by Gasteiger charge is 2.82. The highest BCUT2D eigenvalue weighted by Crippen LogP contribution is 2.89. The van der Waals surface area contributed by atoms with E-state index in [9.17, 15) is 4.79 Å². The van der Waals surface area contributed by atoms with E-state index in [4.69, 9.17) is 4.74 Å². The zero-order chi connectivity index (χ0) is 26.9. The van der Waals surface area contributed by atoms with Crippen molar-refractivity contribution in [1.29, 1.82) is 0 Å². The molecule has 6 saturated carbocycles. The Morgan fingerprint density at radius 3 is 2.14 bits per heavy atom. The Kier molecular flexibility index (Phi) is 5.63. The van der Waals surface area contributed by atoms with E-state index in [1.807, 2.05) is 0 Å². The van der Waals surface area contributed by atoms with Gasteiger partial charge in [0.25, 0.3) is 0 Å². The van der Waals surface area contributed by atoms with Crippen LogP contribution < -0.4 is 0 Å². The van der Waals surface area contributed by atoms with Crippen LogP contribution in [0.2, 0.25) is 0 Å². The molecule has 11 atom stereocenters. The fourth-order valence-corrected chi connectivity index (χ4v) is 13.2. The number of ether oxygens (including phenoxy) is 1. The van der Waals surface area contributed by atoms with Crippen molar-refractivity contribution in [3.05, 3.63) is 0 Å². The largest absolute Gasteiger partial charge is 0.462 e. The molecule has 6 aliphatic rings. The Labute approximate surface area is 228 Å². The summed E-state index contributed by atoms with van der Waals surface area (Å²) in [5.41, 5.74) is 3.48. The van der Waals surface area contributed by atoms with Crippen molar-refractivity contribution in [2.24, 2.45) is 61.6 Å². The molecule has 0 aromatic rings. The van der Waals surface area contributed by atoms with Crippen LogP contribution in [0.1, 0.15) is 146 Å². The first-order valence-electron chi connectivity index (χ1n) is 16.3. The number of carbonyl (C=O) groups excluding carboxylic acids is 1. The van der Waals surface area contributed by atoms with Gasteiger partial charge in [0.2, 0.25) is 0 Å². The van der Waals surface area contributed by atoms with Crippen molar-refractivity contribution in [1.82, 2.24) is 0 Å². The van der Waals surface area contributed by atoms with Crippen LogP contribution in [-0.2, 0) is 9.53 Å². The standard InChI is InChI=1S/C35H58O2/c1-10-30(6)21-31(30,7)16-13-23(2)25-14-17-33(9)27-12-11-26-29(4,5)28(37-24(3)36)15-18-34(26)22-35(27,34)20-19-32(25,33)8/h23,25-28H,10-22H2,1-9H3. The second kappa shape index (κ2) is 7.81. The molecular formula is C35H58O2. The summed E-state index contributed by atoms with van der Waals surface area (Å²) >= 11 is 0.